The first-order chi connectivity index (χ1) is 14.2. The summed E-state index contributed by atoms with van der Waals surface area (Å²) in [7, 11) is 0. The van der Waals surface area contributed by atoms with Crippen molar-refractivity contribution in [1.82, 2.24) is 4.98 Å². The van der Waals surface area contributed by atoms with Crippen molar-refractivity contribution in [2.45, 2.75) is 31.6 Å². The molecule has 0 saturated heterocycles. The molecule has 0 amide bonds. The largest absolute Gasteiger partial charge is 0.478 e. The SMILES string of the molecule is O=C(O)c1cc(C2CC2)cnc1Nc1ccc2c(C3=CC=CCC3)cccc2c1. The van der Waals surface area contributed by atoms with Crippen LogP contribution >= 0.6 is 0 Å². The average Bonchev–Trinajstić information content (AvgIpc) is 3.59. The molecule has 29 heavy (non-hydrogen) atoms. The van der Waals surface area contributed by atoms with Crippen LogP contribution in [-0.2, 0) is 0 Å². The summed E-state index contributed by atoms with van der Waals surface area (Å²) in [6.07, 6.45) is 12.7. The molecule has 4 heteroatoms. The molecule has 0 aliphatic heterocycles. The summed E-state index contributed by atoms with van der Waals surface area (Å²) >= 11 is 0. The molecule has 0 bridgehead atoms. The normalized spacial score (nSPS) is 15.9. The van der Waals surface area contributed by atoms with Gasteiger partial charge in [-0.3, -0.25) is 0 Å². The van der Waals surface area contributed by atoms with Crippen molar-refractivity contribution in [2.24, 2.45) is 0 Å². The Labute approximate surface area is 169 Å². The zero-order valence-corrected chi connectivity index (χ0v) is 16.1. The van der Waals surface area contributed by atoms with Gasteiger partial charge < -0.3 is 10.4 Å². The maximum Gasteiger partial charge on any atom is 0.339 e. The number of carboxylic acids is 1. The lowest BCUT2D eigenvalue weighted by Crippen LogP contribution is -2.06. The molecule has 2 aromatic carbocycles. The number of fused-ring (bicyclic) bond motifs is 1. The van der Waals surface area contributed by atoms with Crippen LogP contribution in [0.2, 0.25) is 0 Å². The number of rotatable bonds is 5. The van der Waals surface area contributed by atoms with Crippen molar-refractivity contribution in [3.63, 3.8) is 0 Å². The van der Waals surface area contributed by atoms with Gasteiger partial charge in [0.2, 0.25) is 0 Å². The molecule has 5 rings (SSSR count). The number of aromatic carboxylic acids is 1. The lowest BCUT2D eigenvalue weighted by atomic mass is 9.93. The Balaban J connectivity index is 1.49. The Morgan fingerprint density at radius 3 is 2.79 bits per heavy atom. The molecule has 0 radical (unpaired) electrons. The Bertz CT molecular complexity index is 1170. The summed E-state index contributed by atoms with van der Waals surface area (Å²) in [6.45, 7) is 0. The van der Waals surface area contributed by atoms with Crippen LogP contribution in [0.5, 0.6) is 0 Å². The molecular weight excluding hydrogens is 360 g/mol. The topological polar surface area (TPSA) is 62.2 Å². The van der Waals surface area contributed by atoms with E-state index in [1.165, 1.54) is 16.5 Å². The van der Waals surface area contributed by atoms with Gasteiger partial charge in [0, 0.05) is 11.9 Å². The smallest absolute Gasteiger partial charge is 0.339 e. The molecular formula is C25H22N2O2. The summed E-state index contributed by atoms with van der Waals surface area (Å²) < 4.78 is 0. The Hall–Kier alpha value is -3.40. The molecule has 3 aromatic rings. The monoisotopic (exact) mass is 382 g/mol. The molecule has 1 saturated carbocycles. The van der Waals surface area contributed by atoms with Gasteiger partial charge in [0.05, 0.1) is 0 Å². The number of pyridine rings is 1. The van der Waals surface area contributed by atoms with Crippen LogP contribution < -0.4 is 5.32 Å². The van der Waals surface area contributed by atoms with Crippen LogP contribution in [0.3, 0.4) is 0 Å². The first kappa shape index (κ1) is 17.7. The van der Waals surface area contributed by atoms with Crippen molar-refractivity contribution in [2.75, 3.05) is 5.32 Å². The minimum absolute atomic E-state index is 0.224. The predicted molar refractivity (Wildman–Crippen MR) is 117 cm³/mol. The van der Waals surface area contributed by atoms with E-state index < -0.39 is 5.97 Å². The summed E-state index contributed by atoms with van der Waals surface area (Å²) in [5.41, 5.74) is 4.69. The van der Waals surface area contributed by atoms with Crippen molar-refractivity contribution < 1.29 is 9.90 Å². The van der Waals surface area contributed by atoms with Crippen LogP contribution in [0.4, 0.5) is 11.5 Å². The predicted octanol–water partition coefficient (Wildman–Crippen LogP) is 6.29. The highest BCUT2D eigenvalue weighted by Gasteiger charge is 2.26. The molecule has 1 fully saturated rings. The fraction of sp³-hybridized carbons (Fsp3) is 0.200. The van der Waals surface area contributed by atoms with Crippen LogP contribution in [0, 0.1) is 0 Å². The third-order valence-corrected chi connectivity index (χ3v) is 5.69. The number of carbonyl (C=O) groups is 1. The van der Waals surface area contributed by atoms with Crippen LogP contribution in [0.25, 0.3) is 16.3 Å². The number of anilines is 2. The quantitative estimate of drug-likeness (QED) is 0.544. The first-order valence-corrected chi connectivity index (χ1v) is 10.1. The zero-order valence-electron chi connectivity index (χ0n) is 16.1. The lowest BCUT2D eigenvalue weighted by Gasteiger charge is -2.14. The number of hydrogen-bond acceptors (Lipinski definition) is 3. The van der Waals surface area contributed by atoms with E-state index in [4.69, 9.17) is 0 Å². The number of allylic oxidation sites excluding steroid dienone is 4. The van der Waals surface area contributed by atoms with Gasteiger partial charge in [-0.2, -0.15) is 0 Å². The van der Waals surface area contributed by atoms with Crippen molar-refractivity contribution in [3.8, 4) is 0 Å². The maximum atomic E-state index is 11.7. The molecule has 1 heterocycles. The second-order valence-electron chi connectivity index (χ2n) is 7.77. The molecule has 0 unspecified atom stereocenters. The van der Waals surface area contributed by atoms with E-state index >= 15 is 0 Å². The summed E-state index contributed by atoms with van der Waals surface area (Å²) in [5, 5.41) is 15.2. The molecule has 2 aliphatic carbocycles. The third-order valence-electron chi connectivity index (χ3n) is 5.69. The molecule has 2 aliphatic rings. The standard InChI is InChI=1S/C25H22N2O2/c28-25(29)23-14-19(16-9-10-16)15-26-24(23)27-20-11-12-22-18(13-20)7-4-8-21(22)17-5-2-1-3-6-17/h1-2,4-5,7-8,11-16H,3,6,9-10H2,(H,26,27)(H,28,29). The zero-order chi connectivity index (χ0) is 19.8. The highest BCUT2D eigenvalue weighted by Crippen LogP contribution is 2.40. The molecule has 0 atom stereocenters. The second kappa shape index (κ2) is 7.21. The highest BCUT2D eigenvalue weighted by atomic mass is 16.4. The molecule has 2 N–H and O–H groups in total. The minimum Gasteiger partial charge on any atom is -0.478 e. The van der Waals surface area contributed by atoms with Gasteiger partial charge in [-0.05, 0) is 77.3 Å². The number of nitrogens with zero attached hydrogens (tertiary/aromatic N) is 1. The van der Waals surface area contributed by atoms with E-state index in [0.29, 0.717) is 11.7 Å². The average molecular weight is 382 g/mol. The van der Waals surface area contributed by atoms with Gasteiger partial charge in [0.25, 0.3) is 0 Å². The summed E-state index contributed by atoms with van der Waals surface area (Å²) in [5.74, 6) is -0.0990. The molecule has 0 spiro atoms. The van der Waals surface area contributed by atoms with Crippen molar-refractivity contribution in [1.29, 1.82) is 0 Å². The molecule has 1 aromatic heterocycles. The number of benzene rings is 2. The first-order valence-electron chi connectivity index (χ1n) is 10.1. The van der Waals surface area contributed by atoms with Gasteiger partial charge in [0.15, 0.2) is 0 Å². The number of hydrogen-bond donors (Lipinski definition) is 2. The fourth-order valence-electron chi connectivity index (χ4n) is 3.99. The fourth-order valence-corrected chi connectivity index (χ4v) is 3.99. The van der Waals surface area contributed by atoms with Crippen LogP contribution in [0.15, 0.2) is 66.9 Å². The van der Waals surface area contributed by atoms with E-state index in [2.05, 4.69) is 58.9 Å². The Morgan fingerprint density at radius 2 is 2.03 bits per heavy atom. The van der Waals surface area contributed by atoms with E-state index in [9.17, 15) is 9.90 Å². The highest BCUT2D eigenvalue weighted by molar-refractivity contribution is 5.97. The van der Waals surface area contributed by atoms with Gasteiger partial charge >= 0.3 is 5.97 Å². The number of carboxylic acid groups (broad SMARTS) is 1. The van der Waals surface area contributed by atoms with Crippen LogP contribution in [0.1, 0.15) is 53.1 Å². The van der Waals surface area contributed by atoms with Gasteiger partial charge in [-0.15, -0.1) is 0 Å². The molecule has 4 nitrogen and oxygen atoms in total. The van der Waals surface area contributed by atoms with E-state index in [1.807, 2.05) is 6.07 Å². The number of nitrogens with one attached hydrogen (secondary N) is 1. The Kier molecular flexibility index (Phi) is 4.39. The van der Waals surface area contributed by atoms with E-state index in [0.717, 1.165) is 42.3 Å². The van der Waals surface area contributed by atoms with Crippen molar-refractivity contribution >= 4 is 33.8 Å². The Morgan fingerprint density at radius 1 is 1.14 bits per heavy atom. The summed E-state index contributed by atoms with van der Waals surface area (Å²) in [4.78, 5) is 16.2. The van der Waals surface area contributed by atoms with Crippen LogP contribution in [-0.4, -0.2) is 16.1 Å². The van der Waals surface area contributed by atoms with Gasteiger partial charge in [-0.25, -0.2) is 9.78 Å². The molecule has 144 valence electrons. The van der Waals surface area contributed by atoms with Gasteiger partial charge in [-0.1, -0.05) is 42.5 Å². The third kappa shape index (κ3) is 3.54. The van der Waals surface area contributed by atoms with E-state index in [1.54, 1.807) is 12.3 Å². The second-order valence-corrected chi connectivity index (χ2v) is 7.77. The van der Waals surface area contributed by atoms with Crippen molar-refractivity contribution in [3.05, 3.63) is 83.6 Å². The minimum atomic E-state index is -0.956. The number of aromatic nitrogens is 1. The lowest BCUT2D eigenvalue weighted by molar-refractivity contribution is 0.0697. The van der Waals surface area contributed by atoms with Gasteiger partial charge in [0.1, 0.15) is 11.4 Å². The summed E-state index contributed by atoms with van der Waals surface area (Å²) in [6, 6.07) is 14.2. The van der Waals surface area contributed by atoms with E-state index in [-0.39, 0.29) is 5.56 Å². The maximum absolute atomic E-state index is 11.7.